The molecule has 3 N–H and O–H groups in total. The van der Waals surface area contributed by atoms with Crippen molar-refractivity contribution in [3.8, 4) is 5.88 Å². The van der Waals surface area contributed by atoms with E-state index in [9.17, 15) is 9.90 Å². The number of rotatable bonds is 5. The molecule has 1 aliphatic heterocycles. The van der Waals surface area contributed by atoms with Crippen molar-refractivity contribution < 1.29 is 9.90 Å². The lowest BCUT2D eigenvalue weighted by molar-refractivity contribution is 0.0997. The second-order valence-electron chi connectivity index (χ2n) is 8.23. The van der Waals surface area contributed by atoms with Crippen LogP contribution in [-0.2, 0) is 6.42 Å². The number of aromatic nitrogens is 3. The molecule has 4 aromatic rings. The lowest BCUT2D eigenvalue weighted by Crippen LogP contribution is -2.47. The predicted molar refractivity (Wildman–Crippen MR) is 131 cm³/mol. The number of anilines is 1. The smallest absolute Gasteiger partial charge is 0.271 e. The van der Waals surface area contributed by atoms with Gasteiger partial charge in [0.1, 0.15) is 6.33 Å². The van der Waals surface area contributed by atoms with E-state index in [1.807, 2.05) is 6.92 Å². The van der Waals surface area contributed by atoms with Crippen molar-refractivity contribution in [3.63, 3.8) is 0 Å². The average Bonchev–Trinajstić information content (AvgIpc) is 3.23. The SMILES string of the molecule is Cc1nc2c(C(N)=O)ncn2c(O)c1CCN1CCN(c2cccc3ccccc23)CC1.Cl. The molecular formula is C24H27ClN6O2. The van der Waals surface area contributed by atoms with Crippen LogP contribution < -0.4 is 10.6 Å². The third-order valence-electron chi connectivity index (χ3n) is 6.34. The quantitative estimate of drug-likeness (QED) is 0.469. The highest BCUT2D eigenvalue weighted by Gasteiger charge is 2.21. The van der Waals surface area contributed by atoms with Crippen LogP contribution in [0, 0.1) is 6.92 Å². The van der Waals surface area contributed by atoms with Crippen LogP contribution in [0.2, 0.25) is 0 Å². The van der Waals surface area contributed by atoms with Crippen molar-refractivity contribution in [2.75, 3.05) is 37.6 Å². The summed E-state index contributed by atoms with van der Waals surface area (Å²) in [6.07, 6.45) is 2.06. The van der Waals surface area contributed by atoms with Crippen LogP contribution in [0.25, 0.3) is 16.4 Å². The van der Waals surface area contributed by atoms with Gasteiger partial charge in [-0.1, -0.05) is 36.4 Å². The standard InChI is InChI=1S/C24H26N6O2.ClH/c1-16-18(24(32)30-15-26-21(22(25)31)23(30)27-16)9-10-28-11-13-29(14-12-28)20-8-4-6-17-5-2-3-7-19(17)20;/h2-8,15,32H,9-14H2,1H3,(H2,25,31);1H. The van der Waals surface area contributed by atoms with Gasteiger partial charge in [-0.15, -0.1) is 12.4 Å². The van der Waals surface area contributed by atoms with Crippen molar-refractivity contribution in [2.45, 2.75) is 13.3 Å². The zero-order chi connectivity index (χ0) is 22.2. The fourth-order valence-corrected chi connectivity index (χ4v) is 4.57. The van der Waals surface area contributed by atoms with E-state index in [0.717, 1.165) is 38.3 Å². The van der Waals surface area contributed by atoms with Crippen molar-refractivity contribution in [2.24, 2.45) is 5.73 Å². The molecule has 0 radical (unpaired) electrons. The number of amides is 1. The number of halogens is 1. The molecule has 0 saturated carbocycles. The Labute approximate surface area is 198 Å². The van der Waals surface area contributed by atoms with Gasteiger partial charge in [0.05, 0.1) is 0 Å². The van der Waals surface area contributed by atoms with Crippen molar-refractivity contribution in [1.82, 2.24) is 19.3 Å². The lowest BCUT2D eigenvalue weighted by Gasteiger charge is -2.36. The first kappa shape index (κ1) is 22.8. The van der Waals surface area contributed by atoms with Gasteiger partial charge in [0, 0.05) is 55.1 Å². The molecule has 2 aromatic carbocycles. The normalized spacial score (nSPS) is 14.5. The molecule has 33 heavy (non-hydrogen) atoms. The summed E-state index contributed by atoms with van der Waals surface area (Å²) in [5.74, 6) is -0.586. The number of imidazole rings is 1. The minimum atomic E-state index is -0.657. The Kier molecular flexibility index (Phi) is 6.40. The maximum atomic E-state index is 11.5. The minimum Gasteiger partial charge on any atom is -0.494 e. The van der Waals surface area contributed by atoms with Crippen molar-refractivity contribution >= 4 is 40.4 Å². The molecule has 0 atom stereocenters. The van der Waals surface area contributed by atoms with Crippen LogP contribution in [-0.4, -0.2) is 63.0 Å². The number of hydrogen-bond donors (Lipinski definition) is 2. The number of carbonyl (C=O) groups is 1. The van der Waals surface area contributed by atoms with Crippen LogP contribution in [0.4, 0.5) is 5.69 Å². The van der Waals surface area contributed by atoms with Gasteiger partial charge in [0.15, 0.2) is 11.3 Å². The molecule has 3 heterocycles. The zero-order valence-corrected chi connectivity index (χ0v) is 19.3. The summed E-state index contributed by atoms with van der Waals surface area (Å²) < 4.78 is 1.43. The number of primary amides is 1. The first-order chi connectivity index (χ1) is 15.5. The number of aryl methyl sites for hydroxylation is 1. The summed E-state index contributed by atoms with van der Waals surface area (Å²) in [5, 5.41) is 13.3. The van der Waals surface area contributed by atoms with E-state index in [0.29, 0.717) is 17.8 Å². The van der Waals surface area contributed by atoms with E-state index in [2.05, 4.69) is 62.2 Å². The number of fused-ring (bicyclic) bond motifs is 2. The molecular weight excluding hydrogens is 440 g/mol. The number of piperazine rings is 1. The maximum absolute atomic E-state index is 11.5. The Morgan fingerprint density at radius 1 is 1.09 bits per heavy atom. The summed E-state index contributed by atoms with van der Waals surface area (Å²) >= 11 is 0. The molecule has 8 nitrogen and oxygen atoms in total. The second kappa shape index (κ2) is 9.25. The first-order valence-corrected chi connectivity index (χ1v) is 10.8. The van der Waals surface area contributed by atoms with E-state index in [-0.39, 0.29) is 24.0 Å². The van der Waals surface area contributed by atoms with E-state index in [1.54, 1.807) is 0 Å². The van der Waals surface area contributed by atoms with Crippen LogP contribution in [0.5, 0.6) is 5.88 Å². The Morgan fingerprint density at radius 3 is 2.58 bits per heavy atom. The highest BCUT2D eigenvalue weighted by atomic mass is 35.5. The molecule has 1 amide bonds. The summed E-state index contributed by atoms with van der Waals surface area (Å²) in [4.78, 5) is 24.9. The Bertz CT molecular complexity index is 1310. The Hall–Kier alpha value is -3.36. The molecule has 1 saturated heterocycles. The number of nitrogens with two attached hydrogens (primary N) is 1. The molecule has 0 aliphatic carbocycles. The van der Waals surface area contributed by atoms with E-state index in [4.69, 9.17) is 5.73 Å². The van der Waals surface area contributed by atoms with Gasteiger partial charge in [-0.3, -0.25) is 14.1 Å². The topological polar surface area (TPSA) is 100.0 Å². The average molecular weight is 467 g/mol. The molecule has 1 fully saturated rings. The first-order valence-electron chi connectivity index (χ1n) is 10.8. The number of nitrogens with zero attached hydrogens (tertiary/aromatic N) is 5. The van der Waals surface area contributed by atoms with Crippen molar-refractivity contribution in [3.05, 3.63) is 65.7 Å². The second-order valence-corrected chi connectivity index (χ2v) is 8.23. The molecule has 0 bridgehead atoms. The predicted octanol–water partition coefficient (Wildman–Crippen LogP) is 2.78. The third-order valence-corrected chi connectivity index (χ3v) is 6.34. The van der Waals surface area contributed by atoms with Crippen LogP contribution in [0.15, 0.2) is 48.8 Å². The van der Waals surface area contributed by atoms with Gasteiger partial charge in [0.25, 0.3) is 5.91 Å². The summed E-state index contributed by atoms with van der Waals surface area (Å²) in [5.41, 5.74) is 8.46. The van der Waals surface area contributed by atoms with Crippen LogP contribution >= 0.6 is 12.4 Å². The molecule has 0 spiro atoms. The minimum absolute atomic E-state index is 0. The molecule has 2 aromatic heterocycles. The van der Waals surface area contributed by atoms with Gasteiger partial charge >= 0.3 is 0 Å². The summed E-state index contributed by atoms with van der Waals surface area (Å²) in [7, 11) is 0. The molecule has 1 aliphatic rings. The third kappa shape index (κ3) is 4.19. The van der Waals surface area contributed by atoms with E-state index < -0.39 is 5.91 Å². The lowest BCUT2D eigenvalue weighted by atomic mass is 10.1. The van der Waals surface area contributed by atoms with E-state index >= 15 is 0 Å². The highest BCUT2D eigenvalue weighted by Crippen LogP contribution is 2.28. The molecule has 5 rings (SSSR count). The van der Waals surface area contributed by atoms with Gasteiger partial charge in [-0.25, -0.2) is 9.97 Å². The fraction of sp³-hybridized carbons (Fsp3) is 0.292. The highest BCUT2D eigenvalue weighted by molar-refractivity contribution is 5.97. The van der Waals surface area contributed by atoms with Gasteiger partial charge in [-0.05, 0) is 24.8 Å². The largest absolute Gasteiger partial charge is 0.494 e. The number of carbonyl (C=O) groups excluding carboxylic acids is 1. The number of aromatic hydroxyl groups is 1. The Balaban J connectivity index is 0.00000259. The van der Waals surface area contributed by atoms with Gasteiger partial charge in [-0.2, -0.15) is 0 Å². The van der Waals surface area contributed by atoms with Crippen LogP contribution in [0.3, 0.4) is 0 Å². The van der Waals surface area contributed by atoms with Gasteiger partial charge < -0.3 is 15.7 Å². The maximum Gasteiger partial charge on any atom is 0.271 e. The van der Waals surface area contributed by atoms with Gasteiger partial charge in [0.2, 0.25) is 5.88 Å². The number of hydrogen-bond acceptors (Lipinski definition) is 6. The zero-order valence-electron chi connectivity index (χ0n) is 18.4. The fourth-order valence-electron chi connectivity index (χ4n) is 4.57. The Morgan fingerprint density at radius 2 is 1.82 bits per heavy atom. The van der Waals surface area contributed by atoms with E-state index in [1.165, 1.54) is 27.2 Å². The van der Waals surface area contributed by atoms with Crippen molar-refractivity contribution in [1.29, 1.82) is 0 Å². The number of benzene rings is 2. The molecule has 172 valence electrons. The molecule has 0 unspecified atom stereocenters. The summed E-state index contributed by atoms with van der Waals surface area (Å²) in [6.45, 7) is 6.48. The monoisotopic (exact) mass is 466 g/mol. The van der Waals surface area contributed by atoms with Crippen LogP contribution in [0.1, 0.15) is 21.7 Å². The molecule has 9 heteroatoms. The summed E-state index contributed by atoms with van der Waals surface area (Å²) in [6, 6.07) is 15.0.